The molecule has 3 heteroatoms. The molecule has 0 unspecified atom stereocenters. The minimum Gasteiger partial charge on any atom is -0.208 e. The van der Waals surface area contributed by atoms with Crippen LogP contribution in [-0.2, 0) is 5.41 Å². The van der Waals surface area contributed by atoms with Crippen LogP contribution in [-0.4, -0.2) is 15.0 Å². The number of aromatic nitrogens is 3. The molecule has 0 spiro atoms. The third-order valence-electron chi connectivity index (χ3n) is 10.2. The molecule has 9 rings (SSSR count). The van der Waals surface area contributed by atoms with Gasteiger partial charge in [-0.15, -0.1) is 0 Å². The van der Waals surface area contributed by atoms with Crippen LogP contribution < -0.4 is 0 Å². The smallest absolute Gasteiger partial charge is 0.164 e. The Labute approximate surface area is 299 Å². The molecule has 1 aliphatic carbocycles. The molecule has 1 heterocycles. The predicted molar refractivity (Wildman–Crippen MR) is 210 cm³/mol. The molecule has 1 aliphatic rings. The van der Waals surface area contributed by atoms with Gasteiger partial charge in [0.25, 0.3) is 0 Å². The van der Waals surface area contributed by atoms with Gasteiger partial charge < -0.3 is 0 Å². The van der Waals surface area contributed by atoms with Crippen molar-refractivity contribution in [3.8, 4) is 78.7 Å². The van der Waals surface area contributed by atoms with Gasteiger partial charge in [-0.25, -0.2) is 15.0 Å². The average Bonchev–Trinajstić information content (AvgIpc) is 3.44. The van der Waals surface area contributed by atoms with Crippen LogP contribution in [0.4, 0.5) is 0 Å². The molecular weight excluding hydrogens is 619 g/mol. The molecule has 3 nitrogen and oxygen atoms in total. The van der Waals surface area contributed by atoms with Crippen molar-refractivity contribution in [1.82, 2.24) is 15.0 Å². The molecule has 8 aromatic rings. The lowest BCUT2D eigenvalue weighted by Crippen LogP contribution is -2.14. The third-order valence-corrected chi connectivity index (χ3v) is 10.2. The molecule has 0 saturated heterocycles. The Morgan fingerprint density at radius 2 is 0.745 bits per heavy atom. The van der Waals surface area contributed by atoms with E-state index in [-0.39, 0.29) is 5.41 Å². The van der Waals surface area contributed by atoms with Crippen LogP contribution in [0, 0.1) is 0 Å². The maximum atomic E-state index is 5.12. The fourth-order valence-corrected chi connectivity index (χ4v) is 7.55. The van der Waals surface area contributed by atoms with Crippen molar-refractivity contribution in [3.63, 3.8) is 0 Å². The van der Waals surface area contributed by atoms with Crippen LogP contribution in [0.5, 0.6) is 0 Å². The molecule has 0 fully saturated rings. The molecule has 0 amide bonds. The summed E-state index contributed by atoms with van der Waals surface area (Å²) < 4.78 is 0. The van der Waals surface area contributed by atoms with Gasteiger partial charge in [-0.1, -0.05) is 184 Å². The Bertz CT molecular complexity index is 2520. The highest BCUT2D eigenvalue weighted by molar-refractivity contribution is 5.93. The summed E-state index contributed by atoms with van der Waals surface area (Å²) in [7, 11) is 0. The zero-order valence-corrected chi connectivity index (χ0v) is 28.6. The Morgan fingerprint density at radius 1 is 0.314 bits per heavy atom. The van der Waals surface area contributed by atoms with Crippen molar-refractivity contribution in [2.75, 3.05) is 0 Å². The number of hydrogen-bond acceptors (Lipinski definition) is 3. The first-order valence-corrected chi connectivity index (χ1v) is 17.5. The second-order valence-electron chi connectivity index (χ2n) is 13.6. The van der Waals surface area contributed by atoms with Gasteiger partial charge in [0.15, 0.2) is 17.5 Å². The summed E-state index contributed by atoms with van der Waals surface area (Å²) in [5.74, 6) is 1.93. The van der Waals surface area contributed by atoms with E-state index < -0.39 is 0 Å². The van der Waals surface area contributed by atoms with Crippen LogP contribution in [0.3, 0.4) is 0 Å². The first-order chi connectivity index (χ1) is 25.0. The van der Waals surface area contributed by atoms with Crippen molar-refractivity contribution < 1.29 is 0 Å². The minimum atomic E-state index is -0.0450. The van der Waals surface area contributed by atoms with Crippen LogP contribution >= 0.6 is 0 Å². The Hall–Kier alpha value is -6.45. The lowest BCUT2D eigenvalue weighted by molar-refractivity contribution is 0.660. The van der Waals surface area contributed by atoms with E-state index in [4.69, 9.17) is 15.0 Å². The zero-order valence-electron chi connectivity index (χ0n) is 28.6. The van der Waals surface area contributed by atoms with Gasteiger partial charge in [0.2, 0.25) is 0 Å². The van der Waals surface area contributed by atoms with Crippen molar-refractivity contribution in [3.05, 3.63) is 187 Å². The number of hydrogen-bond donors (Lipinski definition) is 0. The highest BCUT2D eigenvalue weighted by Gasteiger charge is 2.36. The summed E-state index contributed by atoms with van der Waals surface area (Å²) in [5.41, 5.74) is 15.2. The lowest BCUT2D eigenvalue weighted by Gasteiger charge is -2.21. The Balaban J connectivity index is 1.16. The van der Waals surface area contributed by atoms with Crippen LogP contribution in [0.25, 0.3) is 78.7 Å². The Morgan fingerprint density at radius 3 is 1.39 bits per heavy atom. The third kappa shape index (κ3) is 5.44. The summed E-state index contributed by atoms with van der Waals surface area (Å²) in [5, 5.41) is 0. The SMILES string of the molecule is CC1(C)c2ccccc2-c2c(-c3ccc(-c4nc(-c5ccccc5)nc(-c5ccc(-c6ccccc6)c(-c6ccccc6)c5)n4)cc3)cccc21. The highest BCUT2D eigenvalue weighted by Crippen LogP contribution is 2.52. The van der Waals surface area contributed by atoms with Crippen LogP contribution in [0.2, 0.25) is 0 Å². The molecular formula is C48H35N3. The van der Waals surface area contributed by atoms with Crippen molar-refractivity contribution >= 4 is 0 Å². The Kier molecular flexibility index (Phi) is 7.48. The van der Waals surface area contributed by atoms with Crippen molar-refractivity contribution in [2.24, 2.45) is 0 Å². The molecule has 0 radical (unpaired) electrons. The monoisotopic (exact) mass is 653 g/mol. The second-order valence-corrected chi connectivity index (χ2v) is 13.6. The number of rotatable bonds is 6. The quantitative estimate of drug-likeness (QED) is 0.179. The summed E-state index contributed by atoms with van der Waals surface area (Å²) in [4.78, 5) is 15.2. The van der Waals surface area contributed by atoms with E-state index in [0.29, 0.717) is 17.5 Å². The van der Waals surface area contributed by atoms with Gasteiger partial charge in [-0.05, 0) is 61.7 Å². The summed E-state index contributed by atoms with van der Waals surface area (Å²) in [6.45, 7) is 4.65. The predicted octanol–water partition coefficient (Wildman–Crippen LogP) is 12.2. The van der Waals surface area contributed by atoms with E-state index in [1.807, 2.05) is 18.2 Å². The maximum Gasteiger partial charge on any atom is 0.164 e. The molecule has 7 aromatic carbocycles. The van der Waals surface area contributed by atoms with E-state index in [9.17, 15) is 0 Å². The molecule has 0 aliphatic heterocycles. The van der Waals surface area contributed by atoms with Crippen molar-refractivity contribution in [1.29, 1.82) is 0 Å². The first kappa shape index (κ1) is 30.6. The molecule has 1 aromatic heterocycles. The van der Waals surface area contributed by atoms with E-state index in [1.54, 1.807) is 0 Å². The van der Waals surface area contributed by atoms with Crippen LogP contribution in [0.15, 0.2) is 176 Å². The summed E-state index contributed by atoms with van der Waals surface area (Å²) in [6, 6.07) is 61.9. The zero-order chi connectivity index (χ0) is 34.4. The fraction of sp³-hybridized carbons (Fsp3) is 0.0625. The van der Waals surface area contributed by atoms with Gasteiger partial charge in [-0.2, -0.15) is 0 Å². The largest absolute Gasteiger partial charge is 0.208 e. The summed E-state index contributed by atoms with van der Waals surface area (Å²) in [6.07, 6.45) is 0. The lowest BCUT2D eigenvalue weighted by atomic mass is 9.82. The van der Waals surface area contributed by atoms with Gasteiger partial charge >= 0.3 is 0 Å². The van der Waals surface area contributed by atoms with Gasteiger partial charge in [0, 0.05) is 22.1 Å². The van der Waals surface area contributed by atoms with E-state index in [0.717, 1.165) is 33.4 Å². The molecule has 242 valence electrons. The highest BCUT2D eigenvalue weighted by atomic mass is 15.0. The molecule has 51 heavy (non-hydrogen) atoms. The summed E-state index contributed by atoms with van der Waals surface area (Å²) >= 11 is 0. The fourth-order valence-electron chi connectivity index (χ4n) is 7.55. The maximum absolute atomic E-state index is 5.12. The standard InChI is InChI=1S/C48H35N3/c1-48(2)42-23-13-12-21-40(42)44-39(22-14-24-43(44)48)34-25-27-36(28-26-34)46-49-45(35-19-10-5-11-20-35)50-47(51-46)37-29-30-38(32-15-6-3-7-16-32)41(31-37)33-17-8-4-9-18-33/h3-31H,1-2H3. The number of nitrogens with zero attached hydrogens (tertiary/aromatic N) is 3. The molecule has 0 atom stereocenters. The van der Waals surface area contributed by atoms with Gasteiger partial charge in [0.1, 0.15) is 0 Å². The van der Waals surface area contributed by atoms with Crippen LogP contribution in [0.1, 0.15) is 25.0 Å². The number of benzene rings is 7. The molecule has 0 saturated carbocycles. The number of fused-ring (bicyclic) bond motifs is 3. The van der Waals surface area contributed by atoms with Crippen molar-refractivity contribution in [2.45, 2.75) is 19.3 Å². The minimum absolute atomic E-state index is 0.0450. The average molecular weight is 654 g/mol. The molecule has 0 N–H and O–H groups in total. The van der Waals surface area contributed by atoms with Gasteiger partial charge in [0.05, 0.1) is 0 Å². The van der Waals surface area contributed by atoms with Gasteiger partial charge in [-0.3, -0.25) is 0 Å². The topological polar surface area (TPSA) is 38.7 Å². The normalized spacial score (nSPS) is 12.7. The molecule has 0 bridgehead atoms. The first-order valence-electron chi connectivity index (χ1n) is 17.5. The van der Waals surface area contributed by atoms with E-state index >= 15 is 0 Å². The van der Waals surface area contributed by atoms with E-state index in [1.165, 1.54) is 38.9 Å². The van der Waals surface area contributed by atoms with E-state index in [2.05, 4.69) is 172 Å². The second kappa shape index (κ2) is 12.5.